The molecule has 0 atom stereocenters. The van der Waals surface area contributed by atoms with Crippen molar-refractivity contribution >= 4 is 29.4 Å². The monoisotopic (exact) mass is 259 g/mol. The number of methoxy groups -OCH3 is 1. The maximum atomic E-state index is 13.4. The molecule has 0 aliphatic heterocycles. The average Bonchev–Trinajstić information content (AvgIpc) is 2.26. The number of nitrogens with two attached hydrogens (primary N) is 1. The first kappa shape index (κ1) is 13.3. The molecule has 3 N–H and O–H groups in total. The molecule has 92 valence electrons. The molecule has 0 fully saturated rings. The molecular weight excluding hydrogens is 249 g/mol. The van der Waals surface area contributed by atoms with Crippen LogP contribution in [0.2, 0.25) is 0 Å². The number of rotatable bonds is 4. The second kappa shape index (κ2) is 5.53. The second-order valence-electron chi connectivity index (χ2n) is 3.04. The molecule has 0 spiro atoms. The van der Waals surface area contributed by atoms with E-state index in [1.807, 2.05) is 0 Å². The molecular formula is C10H10FNO4S. The van der Waals surface area contributed by atoms with Crippen LogP contribution in [0.4, 0.5) is 10.1 Å². The van der Waals surface area contributed by atoms with E-state index in [0.717, 1.165) is 23.9 Å². The van der Waals surface area contributed by atoms with Crippen LogP contribution in [-0.4, -0.2) is 29.9 Å². The summed E-state index contributed by atoms with van der Waals surface area (Å²) < 4.78 is 17.8. The minimum Gasteiger partial charge on any atom is -0.478 e. The fraction of sp³-hybridized carbons (Fsp3) is 0.200. The van der Waals surface area contributed by atoms with E-state index >= 15 is 0 Å². The highest BCUT2D eigenvalue weighted by molar-refractivity contribution is 8.00. The number of anilines is 1. The lowest BCUT2D eigenvalue weighted by atomic mass is 10.2. The lowest BCUT2D eigenvalue weighted by Crippen LogP contribution is -2.06. The van der Waals surface area contributed by atoms with Crippen LogP contribution in [0.25, 0.3) is 0 Å². The van der Waals surface area contributed by atoms with Crippen molar-refractivity contribution < 1.29 is 23.8 Å². The Bertz CT molecular complexity index is 464. The predicted molar refractivity (Wildman–Crippen MR) is 60.5 cm³/mol. The van der Waals surface area contributed by atoms with Crippen molar-refractivity contribution in [1.82, 2.24) is 0 Å². The first-order valence-electron chi connectivity index (χ1n) is 4.47. The number of carboxylic acids is 1. The van der Waals surface area contributed by atoms with Crippen LogP contribution in [0.5, 0.6) is 0 Å². The van der Waals surface area contributed by atoms with Crippen molar-refractivity contribution in [2.24, 2.45) is 0 Å². The summed E-state index contributed by atoms with van der Waals surface area (Å²) in [5, 5.41) is 8.80. The number of hydrogen-bond acceptors (Lipinski definition) is 5. The van der Waals surface area contributed by atoms with Gasteiger partial charge in [0, 0.05) is 10.6 Å². The van der Waals surface area contributed by atoms with E-state index in [1.165, 1.54) is 7.11 Å². The molecule has 0 aliphatic rings. The minimum absolute atomic E-state index is 0.0435. The molecule has 0 amide bonds. The van der Waals surface area contributed by atoms with Gasteiger partial charge >= 0.3 is 11.9 Å². The van der Waals surface area contributed by atoms with Gasteiger partial charge in [-0.2, -0.15) is 0 Å². The van der Waals surface area contributed by atoms with Gasteiger partial charge in [0.2, 0.25) is 0 Å². The highest BCUT2D eigenvalue weighted by Crippen LogP contribution is 2.26. The maximum Gasteiger partial charge on any atom is 0.337 e. The summed E-state index contributed by atoms with van der Waals surface area (Å²) in [6.45, 7) is 0. The van der Waals surface area contributed by atoms with Crippen LogP contribution in [-0.2, 0) is 9.53 Å². The van der Waals surface area contributed by atoms with E-state index in [9.17, 15) is 14.0 Å². The lowest BCUT2D eigenvalue weighted by molar-refractivity contribution is -0.137. The van der Waals surface area contributed by atoms with Gasteiger partial charge in [-0.1, -0.05) is 0 Å². The Morgan fingerprint density at radius 1 is 1.53 bits per heavy atom. The number of carbonyl (C=O) groups excluding carboxylic acids is 1. The van der Waals surface area contributed by atoms with Gasteiger partial charge in [-0.15, -0.1) is 11.8 Å². The zero-order valence-corrected chi connectivity index (χ0v) is 9.71. The zero-order valence-electron chi connectivity index (χ0n) is 8.90. The quantitative estimate of drug-likeness (QED) is 0.482. The predicted octanol–water partition coefficient (Wildman–Crippen LogP) is 1.37. The molecule has 1 aromatic carbocycles. The van der Waals surface area contributed by atoms with Crippen molar-refractivity contribution in [3.05, 3.63) is 23.5 Å². The van der Waals surface area contributed by atoms with Crippen LogP contribution in [0.1, 0.15) is 10.4 Å². The third-order valence-corrected chi connectivity index (χ3v) is 2.91. The topological polar surface area (TPSA) is 89.6 Å². The van der Waals surface area contributed by atoms with E-state index in [4.69, 9.17) is 10.8 Å². The Balaban J connectivity index is 2.96. The molecule has 0 heterocycles. The van der Waals surface area contributed by atoms with Crippen LogP contribution >= 0.6 is 11.8 Å². The molecule has 1 rings (SSSR count). The summed E-state index contributed by atoms with van der Waals surface area (Å²) in [6.07, 6.45) is 0. The molecule has 0 aliphatic carbocycles. The molecule has 0 aromatic heterocycles. The van der Waals surface area contributed by atoms with Gasteiger partial charge < -0.3 is 15.6 Å². The van der Waals surface area contributed by atoms with Crippen molar-refractivity contribution in [3.8, 4) is 0 Å². The van der Waals surface area contributed by atoms with E-state index in [-0.39, 0.29) is 21.9 Å². The molecule has 1 aromatic rings. The van der Waals surface area contributed by atoms with E-state index < -0.39 is 17.8 Å². The Labute approximate surface area is 101 Å². The third kappa shape index (κ3) is 3.35. The van der Waals surface area contributed by atoms with Gasteiger partial charge in [-0.3, -0.25) is 4.79 Å². The molecule has 0 saturated carbocycles. The number of ether oxygens (including phenoxy) is 1. The Hall–Kier alpha value is -1.76. The van der Waals surface area contributed by atoms with E-state index in [2.05, 4.69) is 4.74 Å². The van der Waals surface area contributed by atoms with Crippen LogP contribution in [0.3, 0.4) is 0 Å². The van der Waals surface area contributed by atoms with Gasteiger partial charge in [0.25, 0.3) is 0 Å². The number of hydrogen-bond donors (Lipinski definition) is 2. The summed E-state index contributed by atoms with van der Waals surface area (Å²) in [5.41, 5.74) is 5.00. The summed E-state index contributed by atoms with van der Waals surface area (Å²) in [5.74, 6) is -2.54. The van der Waals surface area contributed by atoms with Crippen molar-refractivity contribution in [3.63, 3.8) is 0 Å². The lowest BCUT2D eigenvalue weighted by Gasteiger charge is -2.06. The number of nitrogen functional groups attached to an aromatic ring is 1. The number of carbonyl (C=O) groups is 2. The van der Waals surface area contributed by atoms with Gasteiger partial charge in [0.1, 0.15) is 5.82 Å². The van der Waals surface area contributed by atoms with Crippen LogP contribution < -0.4 is 5.73 Å². The fourth-order valence-corrected chi connectivity index (χ4v) is 1.85. The summed E-state index contributed by atoms with van der Waals surface area (Å²) in [7, 11) is 1.21. The Morgan fingerprint density at radius 3 is 2.71 bits per heavy atom. The fourth-order valence-electron chi connectivity index (χ4n) is 1.06. The van der Waals surface area contributed by atoms with Crippen molar-refractivity contribution in [1.29, 1.82) is 0 Å². The molecule has 17 heavy (non-hydrogen) atoms. The van der Waals surface area contributed by atoms with Gasteiger partial charge in [-0.25, -0.2) is 9.18 Å². The number of carboxylic acid groups (broad SMARTS) is 1. The largest absolute Gasteiger partial charge is 0.478 e. The van der Waals surface area contributed by atoms with Crippen LogP contribution in [0.15, 0.2) is 17.0 Å². The van der Waals surface area contributed by atoms with E-state index in [1.54, 1.807) is 0 Å². The Morgan fingerprint density at radius 2 is 2.18 bits per heavy atom. The van der Waals surface area contributed by atoms with Crippen LogP contribution in [0, 0.1) is 5.82 Å². The minimum atomic E-state index is -1.25. The molecule has 7 heteroatoms. The SMILES string of the molecule is COC(=O)CSc1cc(C(=O)O)c(N)cc1F. The highest BCUT2D eigenvalue weighted by atomic mass is 32.2. The molecule has 5 nitrogen and oxygen atoms in total. The number of esters is 1. The van der Waals surface area contributed by atoms with Gasteiger partial charge in [0.05, 0.1) is 18.4 Å². The average molecular weight is 259 g/mol. The second-order valence-corrected chi connectivity index (χ2v) is 4.06. The smallest absolute Gasteiger partial charge is 0.337 e. The summed E-state index contributed by atoms with van der Waals surface area (Å²) in [6, 6.07) is 2.02. The Kier molecular flexibility index (Phi) is 4.33. The molecule has 0 saturated heterocycles. The normalized spacial score (nSPS) is 10.0. The number of benzene rings is 1. The first-order chi connectivity index (χ1) is 7.95. The molecule has 0 radical (unpaired) electrons. The third-order valence-electron chi connectivity index (χ3n) is 1.91. The standard InChI is InChI=1S/C10H10FNO4S/c1-16-9(13)4-17-8-2-5(10(14)15)7(12)3-6(8)11/h2-3H,4,12H2,1H3,(H,14,15). The van der Waals surface area contributed by atoms with Crippen molar-refractivity contribution in [2.75, 3.05) is 18.6 Å². The maximum absolute atomic E-state index is 13.4. The molecule has 0 bridgehead atoms. The van der Waals surface area contributed by atoms with E-state index in [0.29, 0.717) is 0 Å². The highest BCUT2D eigenvalue weighted by Gasteiger charge is 2.14. The van der Waals surface area contributed by atoms with Crippen molar-refractivity contribution in [2.45, 2.75) is 4.90 Å². The summed E-state index contributed by atoms with van der Waals surface area (Å²) in [4.78, 5) is 21.7. The van der Waals surface area contributed by atoms with Gasteiger partial charge in [0.15, 0.2) is 0 Å². The first-order valence-corrected chi connectivity index (χ1v) is 5.46. The molecule has 0 unspecified atom stereocenters. The zero-order chi connectivity index (χ0) is 13.0. The van der Waals surface area contributed by atoms with Gasteiger partial charge in [-0.05, 0) is 12.1 Å². The number of thioether (sulfide) groups is 1. The number of halogens is 1. The number of aromatic carboxylic acids is 1. The summed E-state index contributed by atoms with van der Waals surface area (Å²) >= 11 is 0.852.